The van der Waals surface area contributed by atoms with Crippen LogP contribution in [0.4, 0.5) is 0 Å². The molecule has 172 valence electrons. The predicted octanol–water partition coefficient (Wildman–Crippen LogP) is 8.86. The molecule has 0 saturated heterocycles. The van der Waals surface area contributed by atoms with Gasteiger partial charge in [-0.05, 0) is 94.2 Å². The number of fused-ring (bicyclic) bond motifs is 3. The second-order valence-electron chi connectivity index (χ2n) is 11.5. The Labute approximate surface area is 195 Å². The second-order valence-corrected chi connectivity index (χ2v) is 11.5. The molecule has 0 amide bonds. The lowest BCUT2D eigenvalue weighted by Gasteiger charge is -2.43. The van der Waals surface area contributed by atoms with E-state index >= 15 is 0 Å². The van der Waals surface area contributed by atoms with E-state index in [0.29, 0.717) is 0 Å². The van der Waals surface area contributed by atoms with Crippen molar-refractivity contribution in [3.63, 3.8) is 0 Å². The number of allylic oxidation sites excluding steroid dienone is 4. The van der Waals surface area contributed by atoms with Gasteiger partial charge in [-0.2, -0.15) is 0 Å². The van der Waals surface area contributed by atoms with Crippen LogP contribution in [-0.4, -0.2) is 9.55 Å². The molecule has 0 spiro atoms. The predicted molar refractivity (Wildman–Crippen MR) is 139 cm³/mol. The molecule has 32 heavy (non-hydrogen) atoms. The van der Waals surface area contributed by atoms with Crippen LogP contribution in [0.3, 0.4) is 0 Å². The molecule has 0 unspecified atom stereocenters. The molecule has 0 N–H and O–H groups in total. The molecule has 2 fully saturated rings. The van der Waals surface area contributed by atoms with Crippen molar-refractivity contribution in [2.24, 2.45) is 16.2 Å². The van der Waals surface area contributed by atoms with E-state index in [1.54, 1.807) is 11.1 Å². The molecular weight excluding hydrogens is 388 g/mol. The standard InChI is InChI=1S/C28H36N2.C2H6/c1-17(13-23-18(2)26(3,4)28(7,8)27(23,5)6)30-16-29-24-14-21-19-9-11-20(12-10-19)22(21)15-25(24)30;1-2/h13-16,19-20H,1-2,9-12H2,3-8H3;1-2H3/b23-13+;. The average Bonchev–Trinajstić information content (AvgIpc) is 3.23. The normalized spacial score (nSPS) is 27.9. The van der Waals surface area contributed by atoms with E-state index in [1.807, 2.05) is 20.2 Å². The van der Waals surface area contributed by atoms with Gasteiger partial charge in [0.25, 0.3) is 0 Å². The maximum atomic E-state index is 4.77. The van der Waals surface area contributed by atoms with Crippen molar-refractivity contribution in [1.82, 2.24) is 9.55 Å². The molecule has 4 aliphatic carbocycles. The van der Waals surface area contributed by atoms with Gasteiger partial charge in [0.2, 0.25) is 0 Å². The number of aromatic nitrogens is 2. The van der Waals surface area contributed by atoms with Crippen molar-refractivity contribution in [3.05, 3.63) is 60.0 Å². The summed E-state index contributed by atoms with van der Waals surface area (Å²) in [7, 11) is 0. The minimum atomic E-state index is 0.0191. The molecular formula is C30H42N2. The fourth-order valence-corrected chi connectivity index (χ4v) is 6.45. The topological polar surface area (TPSA) is 17.8 Å². The lowest BCUT2D eigenvalue weighted by atomic mass is 9.60. The summed E-state index contributed by atoms with van der Waals surface area (Å²) >= 11 is 0. The van der Waals surface area contributed by atoms with E-state index in [0.717, 1.165) is 23.0 Å². The van der Waals surface area contributed by atoms with Gasteiger partial charge < -0.3 is 0 Å². The first-order valence-electron chi connectivity index (χ1n) is 12.6. The highest BCUT2D eigenvalue weighted by Crippen LogP contribution is 2.67. The van der Waals surface area contributed by atoms with Gasteiger partial charge in [-0.3, -0.25) is 4.57 Å². The summed E-state index contributed by atoms with van der Waals surface area (Å²) in [6.45, 7) is 27.1. The summed E-state index contributed by atoms with van der Waals surface area (Å²) in [4.78, 5) is 4.77. The zero-order valence-corrected chi connectivity index (χ0v) is 21.6. The first kappa shape index (κ1) is 23.1. The fourth-order valence-electron chi connectivity index (χ4n) is 6.45. The van der Waals surface area contributed by atoms with Gasteiger partial charge in [-0.1, -0.05) is 68.5 Å². The van der Waals surface area contributed by atoms with Crippen LogP contribution in [0.1, 0.15) is 104 Å². The van der Waals surface area contributed by atoms with Crippen molar-refractivity contribution >= 4 is 16.7 Å². The van der Waals surface area contributed by atoms with Crippen LogP contribution >= 0.6 is 0 Å². The summed E-state index contributed by atoms with van der Waals surface area (Å²) in [5.74, 6) is 1.48. The second kappa shape index (κ2) is 7.47. The Bertz CT molecular complexity index is 1110. The molecule has 0 aliphatic heterocycles. The third kappa shape index (κ3) is 2.94. The quantitative estimate of drug-likeness (QED) is 0.465. The molecule has 2 aromatic rings. The monoisotopic (exact) mass is 430 g/mol. The molecule has 4 aliphatic rings. The third-order valence-electron chi connectivity index (χ3n) is 9.86. The van der Waals surface area contributed by atoms with Crippen molar-refractivity contribution in [3.8, 4) is 0 Å². The molecule has 2 bridgehead atoms. The molecule has 2 saturated carbocycles. The smallest absolute Gasteiger partial charge is 0.100 e. The molecule has 1 aromatic heterocycles. The molecule has 1 aromatic carbocycles. The number of benzene rings is 1. The highest BCUT2D eigenvalue weighted by Gasteiger charge is 2.58. The number of nitrogens with zero attached hydrogens (tertiary/aromatic N) is 2. The van der Waals surface area contributed by atoms with Crippen LogP contribution in [0.25, 0.3) is 16.7 Å². The minimum Gasteiger partial charge on any atom is -0.299 e. The lowest BCUT2D eigenvalue weighted by molar-refractivity contribution is 0.0754. The van der Waals surface area contributed by atoms with E-state index < -0.39 is 0 Å². The molecule has 2 nitrogen and oxygen atoms in total. The van der Waals surface area contributed by atoms with Crippen LogP contribution in [-0.2, 0) is 0 Å². The zero-order valence-electron chi connectivity index (χ0n) is 21.6. The Morgan fingerprint density at radius 1 is 0.938 bits per heavy atom. The van der Waals surface area contributed by atoms with Gasteiger partial charge in [-0.25, -0.2) is 4.98 Å². The van der Waals surface area contributed by atoms with Crippen molar-refractivity contribution < 1.29 is 0 Å². The van der Waals surface area contributed by atoms with E-state index in [2.05, 4.69) is 77.5 Å². The average molecular weight is 431 g/mol. The Kier molecular flexibility index (Phi) is 5.39. The van der Waals surface area contributed by atoms with Gasteiger partial charge in [0.15, 0.2) is 0 Å². The Balaban J connectivity index is 0.00000119. The number of hydrogen-bond acceptors (Lipinski definition) is 1. The molecule has 0 radical (unpaired) electrons. The third-order valence-corrected chi connectivity index (χ3v) is 9.86. The zero-order chi connectivity index (χ0) is 23.6. The first-order chi connectivity index (χ1) is 15.0. The van der Waals surface area contributed by atoms with Gasteiger partial charge in [0.05, 0.1) is 11.0 Å². The Morgan fingerprint density at radius 3 is 1.97 bits per heavy atom. The number of rotatable bonds is 2. The van der Waals surface area contributed by atoms with Gasteiger partial charge in [0, 0.05) is 5.70 Å². The van der Waals surface area contributed by atoms with E-state index in [9.17, 15) is 0 Å². The minimum absolute atomic E-state index is 0.0191. The Morgan fingerprint density at radius 2 is 1.47 bits per heavy atom. The van der Waals surface area contributed by atoms with Crippen LogP contribution in [0.2, 0.25) is 0 Å². The van der Waals surface area contributed by atoms with E-state index in [4.69, 9.17) is 4.98 Å². The van der Waals surface area contributed by atoms with Gasteiger partial charge >= 0.3 is 0 Å². The highest BCUT2D eigenvalue weighted by atomic mass is 15.1. The summed E-state index contributed by atoms with van der Waals surface area (Å²) in [5, 5.41) is 0. The Hall–Kier alpha value is -2.09. The summed E-state index contributed by atoms with van der Waals surface area (Å²) in [6, 6.07) is 4.78. The maximum Gasteiger partial charge on any atom is 0.100 e. The maximum absolute atomic E-state index is 4.77. The number of hydrogen-bond donors (Lipinski definition) is 0. The van der Waals surface area contributed by atoms with Crippen LogP contribution in [0.15, 0.2) is 48.8 Å². The van der Waals surface area contributed by atoms with Crippen molar-refractivity contribution in [2.75, 3.05) is 0 Å². The van der Waals surface area contributed by atoms with Crippen molar-refractivity contribution in [1.29, 1.82) is 0 Å². The molecule has 6 rings (SSSR count). The van der Waals surface area contributed by atoms with Crippen LogP contribution < -0.4 is 0 Å². The van der Waals surface area contributed by atoms with Crippen LogP contribution in [0.5, 0.6) is 0 Å². The van der Waals surface area contributed by atoms with E-state index in [-0.39, 0.29) is 16.2 Å². The fraction of sp³-hybridized carbons (Fsp3) is 0.567. The van der Waals surface area contributed by atoms with Gasteiger partial charge in [0.1, 0.15) is 6.33 Å². The summed E-state index contributed by atoms with van der Waals surface area (Å²) in [6.07, 6.45) is 9.63. The lowest BCUT2D eigenvalue weighted by Crippen LogP contribution is -2.37. The SMILES string of the molecule is C=C(/C=C1\C(=C)C(C)(C)C(C)(C)C1(C)C)n1cnc2cc3c(cc21)C1CCC3CC1.CC. The van der Waals surface area contributed by atoms with Crippen molar-refractivity contribution in [2.45, 2.75) is 92.9 Å². The molecule has 2 heteroatoms. The highest BCUT2D eigenvalue weighted by molar-refractivity contribution is 5.83. The molecule has 0 atom stereocenters. The molecule has 1 heterocycles. The first-order valence-corrected chi connectivity index (χ1v) is 12.6. The van der Waals surface area contributed by atoms with E-state index in [1.165, 1.54) is 42.3 Å². The largest absolute Gasteiger partial charge is 0.299 e. The summed E-state index contributed by atoms with van der Waals surface area (Å²) in [5.41, 5.74) is 9.14. The number of imidazole rings is 1. The van der Waals surface area contributed by atoms with Crippen LogP contribution in [0, 0.1) is 16.2 Å². The van der Waals surface area contributed by atoms with Gasteiger partial charge in [-0.15, -0.1) is 0 Å². The summed E-state index contributed by atoms with van der Waals surface area (Å²) < 4.78 is 2.19.